The van der Waals surface area contributed by atoms with Crippen LogP contribution in [0.5, 0.6) is 0 Å². The highest BCUT2D eigenvalue weighted by Gasteiger charge is 2.26. The minimum absolute atomic E-state index is 0.209. The van der Waals surface area contributed by atoms with Crippen LogP contribution in [0.2, 0.25) is 15.3 Å². The van der Waals surface area contributed by atoms with Crippen LogP contribution >= 0.6 is 34.8 Å². The molecule has 0 bridgehead atoms. The Bertz CT molecular complexity index is 571. The van der Waals surface area contributed by atoms with Crippen molar-refractivity contribution in [3.05, 3.63) is 56.9 Å². The fourth-order valence-corrected chi connectivity index (χ4v) is 2.61. The van der Waals surface area contributed by atoms with Gasteiger partial charge in [-0.3, -0.25) is 0 Å². The van der Waals surface area contributed by atoms with Crippen LogP contribution in [0.25, 0.3) is 0 Å². The summed E-state index contributed by atoms with van der Waals surface area (Å²) in [4.78, 5) is 0. The van der Waals surface area contributed by atoms with Gasteiger partial charge in [-0.15, -0.1) is 0 Å². The van der Waals surface area contributed by atoms with Gasteiger partial charge in [-0.1, -0.05) is 29.3 Å². The summed E-state index contributed by atoms with van der Waals surface area (Å²) < 4.78 is 5.20. The Kier molecular flexibility index (Phi) is 4.76. The molecule has 0 aliphatic carbocycles. The van der Waals surface area contributed by atoms with Gasteiger partial charge in [0.15, 0.2) is 5.22 Å². The standard InChI is InChI=1S/C13H12Cl3NO2/c14-7-1-2-8(10(15)5-7)9(6-17)13(18)11-3-4-12(16)19-11/h1-5,9,13,18H,6,17H2. The first kappa shape index (κ1) is 14.7. The Hall–Kier alpha value is -0.710. The highest BCUT2D eigenvalue weighted by molar-refractivity contribution is 6.35. The number of halogens is 3. The van der Waals surface area contributed by atoms with Crippen molar-refractivity contribution in [1.82, 2.24) is 0 Å². The smallest absolute Gasteiger partial charge is 0.193 e. The molecule has 6 heteroatoms. The Morgan fingerprint density at radius 3 is 2.42 bits per heavy atom. The van der Waals surface area contributed by atoms with Gasteiger partial charge < -0.3 is 15.3 Å². The van der Waals surface area contributed by atoms with Crippen molar-refractivity contribution in [2.24, 2.45) is 5.73 Å². The Labute approximate surface area is 125 Å². The number of aliphatic hydroxyl groups is 1. The third-order valence-electron chi connectivity index (χ3n) is 2.88. The third kappa shape index (κ3) is 3.25. The molecule has 2 unspecified atom stereocenters. The van der Waals surface area contributed by atoms with Gasteiger partial charge in [-0.25, -0.2) is 0 Å². The predicted octanol–water partition coefficient (Wildman–Crippen LogP) is 4.02. The van der Waals surface area contributed by atoms with Gasteiger partial charge in [-0.05, 0) is 41.4 Å². The van der Waals surface area contributed by atoms with Gasteiger partial charge in [0.25, 0.3) is 0 Å². The average Bonchev–Trinajstić information content (AvgIpc) is 2.79. The van der Waals surface area contributed by atoms with Gasteiger partial charge in [0.2, 0.25) is 0 Å². The lowest BCUT2D eigenvalue weighted by Gasteiger charge is -2.21. The molecule has 0 amide bonds. The lowest BCUT2D eigenvalue weighted by Crippen LogP contribution is -2.20. The molecule has 2 aromatic rings. The van der Waals surface area contributed by atoms with Crippen LogP contribution in [-0.2, 0) is 0 Å². The number of rotatable bonds is 4. The first-order valence-corrected chi connectivity index (χ1v) is 6.74. The van der Waals surface area contributed by atoms with Crippen molar-refractivity contribution in [2.45, 2.75) is 12.0 Å². The first-order valence-electron chi connectivity index (χ1n) is 5.61. The molecule has 2 rings (SSSR count). The SMILES string of the molecule is NCC(c1ccc(Cl)cc1Cl)C(O)c1ccc(Cl)o1. The molecule has 0 fully saturated rings. The molecule has 1 aromatic carbocycles. The van der Waals surface area contributed by atoms with Gasteiger partial charge in [0.05, 0.1) is 0 Å². The molecule has 1 heterocycles. The van der Waals surface area contributed by atoms with E-state index in [-0.39, 0.29) is 11.8 Å². The molecule has 0 saturated heterocycles. The molecule has 0 spiro atoms. The molecule has 0 radical (unpaired) electrons. The maximum atomic E-state index is 10.3. The summed E-state index contributed by atoms with van der Waals surface area (Å²) in [5.74, 6) is -0.0431. The highest BCUT2D eigenvalue weighted by atomic mass is 35.5. The van der Waals surface area contributed by atoms with Crippen molar-refractivity contribution in [3.8, 4) is 0 Å². The number of aliphatic hydroxyl groups excluding tert-OH is 1. The summed E-state index contributed by atoms with van der Waals surface area (Å²) in [5, 5.41) is 11.5. The second kappa shape index (κ2) is 6.16. The summed E-state index contributed by atoms with van der Waals surface area (Å²) >= 11 is 17.7. The van der Waals surface area contributed by atoms with E-state index in [0.717, 1.165) is 0 Å². The van der Waals surface area contributed by atoms with E-state index < -0.39 is 12.0 Å². The Morgan fingerprint density at radius 1 is 1.16 bits per heavy atom. The first-order chi connectivity index (χ1) is 9.02. The van der Waals surface area contributed by atoms with E-state index in [0.29, 0.717) is 21.4 Å². The van der Waals surface area contributed by atoms with Crippen LogP contribution in [0.1, 0.15) is 23.3 Å². The molecule has 0 aliphatic rings. The van der Waals surface area contributed by atoms with Crippen LogP contribution in [-0.4, -0.2) is 11.7 Å². The predicted molar refractivity (Wildman–Crippen MR) is 76.9 cm³/mol. The van der Waals surface area contributed by atoms with Crippen LogP contribution < -0.4 is 5.73 Å². The van der Waals surface area contributed by atoms with E-state index in [4.69, 9.17) is 45.0 Å². The van der Waals surface area contributed by atoms with Crippen molar-refractivity contribution in [3.63, 3.8) is 0 Å². The molecule has 2 atom stereocenters. The van der Waals surface area contributed by atoms with Gasteiger partial charge in [-0.2, -0.15) is 0 Å². The maximum Gasteiger partial charge on any atom is 0.193 e. The number of benzene rings is 1. The van der Waals surface area contributed by atoms with E-state index in [1.165, 1.54) is 0 Å². The van der Waals surface area contributed by atoms with E-state index >= 15 is 0 Å². The zero-order chi connectivity index (χ0) is 14.0. The second-order valence-electron chi connectivity index (χ2n) is 4.09. The Morgan fingerprint density at radius 2 is 1.89 bits per heavy atom. The van der Waals surface area contributed by atoms with Crippen molar-refractivity contribution in [2.75, 3.05) is 6.54 Å². The summed E-state index contributed by atoms with van der Waals surface area (Å²) in [7, 11) is 0. The summed E-state index contributed by atoms with van der Waals surface area (Å²) in [6.07, 6.45) is -0.920. The number of furan rings is 1. The monoisotopic (exact) mass is 319 g/mol. The summed E-state index contributed by atoms with van der Waals surface area (Å²) in [5.41, 5.74) is 6.45. The van der Waals surface area contributed by atoms with Crippen molar-refractivity contribution >= 4 is 34.8 Å². The fraction of sp³-hybridized carbons (Fsp3) is 0.231. The largest absolute Gasteiger partial charge is 0.447 e. The maximum absolute atomic E-state index is 10.3. The van der Waals surface area contributed by atoms with Crippen LogP contribution in [0, 0.1) is 0 Å². The molecular weight excluding hydrogens is 309 g/mol. The molecule has 19 heavy (non-hydrogen) atoms. The van der Waals surface area contributed by atoms with E-state index in [2.05, 4.69) is 0 Å². The van der Waals surface area contributed by atoms with Gasteiger partial charge in [0, 0.05) is 22.5 Å². The molecule has 3 N–H and O–H groups in total. The van der Waals surface area contributed by atoms with E-state index in [1.807, 2.05) is 0 Å². The zero-order valence-electron chi connectivity index (χ0n) is 9.82. The topological polar surface area (TPSA) is 59.4 Å². The summed E-state index contributed by atoms with van der Waals surface area (Å²) in [6.45, 7) is 0.209. The minimum Gasteiger partial charge on any atom is -0.447 e. The van der Waals surface area contributed by atoms with Gasteiger partial charge in [0.1, 0.15) is 11.9 Å². The van der Waals surface area contributed by atoms with Crippen LogP contribution in [0.3, 0.4) is 0 Å². The highest BCUT2D eigenvalue weighted by Crippen LogP contribution is 2.36. The lowest BCUT2D eigenvalue weighted by atomic mass is 9.92. The van der Waals surface area contributed by atoms with Crippen molar-refractivity contribution in [1.29, 1.82) is 0 Å². The second-order valence-corrected chi connectivity index (χ2v) is 5.31. The lowest BCUT2D eigenvalue weighted by molar-refractivity contribution is 0.122. The van der Waals surface area contributed by atoms with E-state index in [1.54, 1.807) is 30.3 Å². The molecule has 3 nitrogen and oxygen atoms in total. The molecule has 0 aliphatic heterocycles. The Balaban J connectivity index is 2.33. The van der Waals surface area contributed by atoms with Crippen molar-refractivity contribution < 1.29 is 9.52 Å². The average molecular weight is 321 g/mol. The normalized spacial score (nSPS) is 14.4. The number of hydrogen-bond donors (Lipinski definition) is 2. The van der Waals surface area contributed by atoms with Gasteiger partial charge >= 0.3 is 0 Å². The molecule has 1 aromatic heterocycles. The van der Waals surface area contributed by atoms with E-state index in [9.17, 15) is 5.11 Å². The quantitative estimate of drug-likeness (QED) is 0.894. The molecular formula is C13H12Cl3NO2. The zero-order valence-corrected chi connectivity index (χ0v) is 12.1. The third-order valence-corrected chi connectivity index (χ3v) is 3.65. The fourth-order valence-electron chi connectivity index (χ4n) is 1.91. The minimum atomic E-state index is -0.920. The molecule has 102 valence electrons. The number of hydrogen-bond acceptors (Lipinski definition) is 3. The molecule has 0 saturated carbocycles. The summed E-state index contributed by atoms with van der Waals surface area (Å²) in [6, 6.07) is 8.24. The van der Waals surface area contributed by atoms with Crippen LogP contribution in [0.15, 0.2) is 34.7 Å². The van der Waals surface area contributed by atoms with Crippen LogP contribution in [0.4, 0.5) is 0 Å². The number of nitrogens with two attached hydrogens (primary N) is 1.